The summed E-state index contributed by atoms with van der Waals surface area (Å²) in [5.74, 6) is 0.547. The summed E-state index contributed by atoms with van der Waals surface area (Å²) in [4.78, 5) is 0. The van der Waals surface area contributed by atoms with E-state index in [-0.39, 0.29) is 5.82 Å². The van der Waals surface area contributed by atoms with Gasteiger partial charge in [0.05, 0.1) is 0 Å². The van der Waals surface area contributed by atoms with Crippen LogP contribution in [0.1, 0.15) is 11.1 Å². The number of hydrogen-bond acceptors (Lipinski definition) is 2. The second kappa shape index (κ2) is 7.84. The Kier molecular flexibility index (Phi) is 5.34. The summed E-state index contributed by atoms with van der Waals surface area (Å²) >= 11 is 5.87. The number of benzene rings is 3. The summed E-state index contributed by atoms with van der Waals surface area (Å²) in [5, 5.41) is 4.06. The van der Waals surface area contributed by atoms with Crippen LogP contribution in [0.4, 0.5) is 10.1 Å². The lowest BCUT2D eigenvalue weighted by Gasteiger charge is -2.09. The Hall–Kier alpha value is -2.52. The standard InChI is InChI=1S/C20H17ClFNO/c21-17-5-9-19(10-6-17)23-13-15-3-11-20(12-4-15)24-14-16-1-7-18(22)8-2-16/h1-12,23H,13-14H2. The summed E-state index contributed by atoms with van der Waals surface area (Å²) in [5.41, 5.74) is 3.11. The topological polar surface area (TPSA) is 21.3 Å². The summed E-state index contributed by atoms with van der Waals surface area (Å²) in [6, 6.07) is 21.8. The zero-order valence-electron chi connectivity index (χ0n) is 13.0. The summed E-state index contributed by atoms with van der Waals surface area (Å²) < 4.78 is 18.6. The average Bonchev–Trinajstić information content (AvgIpc) is 2.62. The van der Waals surface area contributed by atoms with Crippen LogP contribution in [0.15, 0.2) is 72.8 Å². The average molecular weight is 342 g/mol. The molecule has 0 unspecified atom stereocenters. The van der Waals surface area contributed by atoms with E-state index in [1.807, 2.05) is 48.5 Å². The molecule has 0 spiro atoms. The van der Waals surface area contributed by atoms with Gasteiger partial charge in [0.1, 0.15) is 18.2 Å². The molecule has 0 aliphatic rings. The Balaban J connectivity index is 1.51. The molecule has 0 heterocycles. The third-order valence-corrected chi connectivity index (χ3v) is 3.83. The van der Waals surface area contributed by atoms with Crippen LogP contribution in [0.3, 0.4) is 0 Å². The highest BCUT2D eigenvalue weighted by molar-refractivity contribution is 6.30. The molecule has 4 heteroatoms. The fraction of sp³-hybridized carbons (Fsp3) is 0.100. The maximum Gasteiger partial charge on any atom is 0.123 e. The van der Waals surface area contributed by atoms with Crippen molar-refractivity contribution in [2.24, 2.45) is 0 Å². The zero-order valence-corrected chi connectivity index (χ0v) is 13.8. The van der Waals surface area contributed by atoms with E-state index in [0.717, 1.165) is 34.1 Å². The Morgan fingerprint density at radius 1 is 0.792 bits per heavy atom. The Morgan fingerprint density at radius 2 is 1.42 bits per heavy atom. The van der Waals surface area contributed by atoms with Gasteiger partial charge in [0.25, 0.3) is 0 Å². The van der Waals surface area contributed by atoms with Crippen LogP contribution in [0, 0.1) is 5.82 Å². The molecule has 0 atom stereocenters. The SMILES string of the molecule is Fc1ccc(COc2ccc(CNc3ccc(Cl)cc3)cc2)cc1. The normalized spacial score (nSPS) is 10.4. The highest BCUT2D eigenvalue weighted by Gasteiger charge is 1.99. The molecule has 0 amide bonds. The van der Waals surface area contributed by atoms with Crippen LogP contribution in [-0.4, -0.2) is 0 Å². The fourth-order valence-electron chi connectivity index (χ4n) is 2.22. The minimum absolute atomic E-state index is 0.240. The van der Waals surface area contributed by atoms with Crippen LogP contribution in [0.5, 0.6) is 5.75 Å². The molecule has 0 aromatic heterocycles. The van der Waals surface area contributed by atoms with Crippen LogP contribution < -0.4 is 10.1 Å². The number of hydrogen-bond donors (Lipinski definition) is 1. The van der Waals surface area contributed by atoms with E-state index in [9.17, 15) is 4.39 Å². The maximum atomic E-state index is 12.9. The molecule has 0 bridgehead atoms. The molecule has 0 saturated heterocycles. The minimum Gasteiger partial charge on any atom is -0.489 e. The van der Waals surface area contributed by atoms with Gasteiger partial charge in [0.2, 0.25) is 0 Å². The first-order chi connectivity index (χ1) is 11.7. The van der Waals surface area contributed by atoms with Gasteiger partial charge >= 0.3 is 0 Å². The molecule has 122 valence electrons. The second-order valence-electron chi connectivity index (χ2n) is 5.42. The first kappa shape index (κ1) is 16.3. The van der Waals surface area contributed by atoms with Crippen LogP contribution in [0.25, 0.3) is 0 Å². The molecule has 24 heavy (non-hydrogen) atoms. The molecule has 0 aliphatic carbocycles. The van der Waals surface area contributed by atoms with Crippen molar-refractivity contribution >= 4 is 17.3 Å². The molecule has 0 saturated carbocycles. The zero-order chi connectivity index (χ0) is 16.8. The van der Waals surface area contributed by atoms with Crippen molar-refractivity contribution < 1.29 is 9.13 Å². The van der Waals surface area contributed by atoms with Gasteiger partial charge in [-0.25, -0.2) is 4.39 Å². The molecular formula is C20H17ClFNO. The number of ether oxygens (including phenoxy) is 1. The van der Waals surface area contributed by atoms with E-state index in [4.69, 9.17) is 16.3 Å². The van der Waals surface area contributed by atoms with E-state index in [0.29, 0.717) is 6.61 Å². The number of rotatable bonds is 6. The third kappa shape index (κ3) is 4.74. The van der Waals surface area contributed by atoms with E-state index < -0.39 is 0 Å². The van der Waals surface area contributed by atoms with Crippen molar-refractivity contribution in [3.8, 4) is 5.75 Å². The van der Waals surface area contributed by atoms with E-state index in [1.54, 1.807) is 12.1 Å². The smallest absolute Gasteiger partial charge is 0.123 e. The molecule has 3 rings (SSSR count). The van der Waals surface area contributed by atoms with Gasteiger partial charge in [-0.3, -0.25) is 0 Å². The molecule has 2 nitrogen and oxygen atoms in total. The van der Waals surface area contributed by atoms with Gasteiger partial charge in [0.15, 0.2) is 0 Å². The first-order valence-electron chi connectivity index (χ1n) is 7.65. The van der Waals surface area contributed by atoms with Crippen molar-refractivity contribution in [2.45, 2.75) is 13.2 Å². The van der Waals surface area contributed by atoms with Crippen LogP contribution >= 0.6 is 11.6 Å². The fourth-order valence-corrected chi connectivity index (χ4v) is 2.35. The lowest BCUT2D eigenvalue weighted by atomic mass is 10.2. The van der Waals surface area contributed by atoms with Gasteiger partial charge in [-0.05, 0) is 59.7 Å². The van der Waals surface area contributed by atoms with Gasteiger partial charge in [-0.15, -0.1) is 0 Å². The quantitative estimate of drug-likeness (QED) is 0.623. The highest BCUT2D eigenvalue weighted by Crippen LogP contribution is 2.17. The van der Waals surface area contributed by atoms with Gasteiger partial charge < -0.3 is 10.1 Å². The molecule has 0 fully saturated rings. The first-order valence-corrected chi connectivity index (χ1v) is 8.02. The van der Waals surface area contributed by atoms with Crippen LogP contribution in [0.2, 0.25) is 5.02 Å². The Bertz CT molecular complexity index is 702. The van der Waals surface area contributed by atoms with E-state index >= 15 is 0 Å². The van der Waals surface area contributed by atoms with Crippen molar-refractivity contribution in [3.63, 3.8) is 0 Å². The van der Waals surface area contributed by atoms with Gasteiger partial charge in [-0.1, -0.05) is 35.9 Å². The number of nitrogens with one attached hydrogen (secondary N) is 1. The van der Waals surface area contributed by atoms with Crippen molar-refractivity contribution in [1.29, 1.82) is 0 Å². The molecule has 0 aliphatic heterocycles. The second-order valence-corrected chi connectivity index (χ2v) is 5.86. The summed E-state index contributed by atoms with van der Waals surface area (Å²) in [6.07, 6.45) is 0. The Morgan fingerprint density at radius 3 is 2.08 bits per heavy atom. The highest BCUT2D eigenvalue weighted by atomic mass is 35.5. The van der Waals surface area contributed by atoms with Crippen molar-refractivity contribution in [2.75, 3.05) is 5.32 Å². The largest absolute Gasteiger partial charge is 0.489 e. The maximum absolute atomic E-state index is 12.9. The molecule has 0 radical (unpaired) electrons. The van der Waals surface area contributed by atoms with E-state index in [1.165, 1.54) is 12.1 Å². The lowest BCUT2D eigenvalue weighted by Crippen LogP contribution is -1.99. The molecule has 3 aromatic rings. The van der Waals surface area contributed by atoms with Crippen molar-refractivity contribution in [1.82, 2.24) is 0 Å². The molecular weight excluding hydrogens is 325 g/mol. The predicted octanol–water partition coefficient (Wildman–Crippen LogP) is 5.67. The summed E-state index contributed by atoms with van der Waals surface area (Å²) in [6.45, 7) is 1.14. The number of anilines is 1. The van der Waals surface area contributed by atoms with E-state index in [2.05, 4.69) is 5.32 Å². The van der Waals surface area contributed by atoms with Crippen molar-refractivity contribution in [3.05, 3.63) is 94.8 Å². The third-order valence-electron chi connectivity index (χ3n) is 3.58. The monoisotopic (exact) mass is 341 g/mol. The minimum atomic E-state index is -0.240. The van der Waals surface area contributed by atoms with Crippen LogP contribution in [-0.2, 0) is 13.2 Å². The predicted molar refractivity (Wildman–Crippen MR) is 96.0 cm³/mol. The molecule has 1 N–H and O–H groups in total. The van der Waals surface area contributed by atoms with Gasteiger partial charge in [-0.2, -0.15) is 0 Å². The lowest BCUT2D eigenvalue weighted by molar-refractivity contribution is 0.306. The van der Waals surface area contributed by atoms with Gasteiger partial charge in [0, 0.05) is 17.3 Å². The molecule has 3 aromatic carbocycles. The number of halogens is 2. The summed E-state index contributed by atoms with van der Waals surface area (Å²) in [7, 11) is 0. The Labute approximate surface area is 145 Å².